The summed E-state index contributed by atoms with van der Waals surface area (Å²) in [5.41, 5.74) is 13.3. The highest BCUT2D eigenvalue weighted by molar-refractivity contribution is 6.17. The fourth-order valence-corrected chi connectivity index (χ4v) is 9.38. The number of anilines is 3. The summed E-state index contributed by atoms with van der Waals surface area (Å²) in [6, 6.07) is 70.9. The van der Waals surface area contributed by atoms with E-state index in [0.717, 1.165) is 39.0 Å². The van der Waals surface area contributed by atoms with E-state index in [9.17, 15) is 0 Å². The Morgan fingerprint density at radius 2 is 0.981 bits per heavy atom. The Bertz CT molecular complexity index is 3030. The van der Waals surface area contributed by atoms with Crippen molar-refractivity contribution in [2.45, 2.75) is 12.3 Å². The van der Waals surface area contributed by atoms with Crippen LogP contribution in [0, 0.1) is 6.92 Å². The van der Waals surface area contributed by atoms with E-state index in [2.05, 4.69) is 200 Å². The highest BCUT2D eigenvalue weighted by Gasteiger charge is 2.48. The summed E-state index contributed by atoms with van der Waals surface area (Å²) in [5.74, 6) is 0. The second-order valence-electron chi connectivity index (χ2n) is 14.4. The van der Waals surface area contributed by atoms with Crippen LogP contribution in [0.3, 0.4) is 0 Å². The highest BCUT2D eigenvalue weighted by atomic mass is 16.3. The second-order valence-corrected chi connectivity index (χ2v) is 14.4. The largest absolute Gasteiger partial charge is 0.454 e. The van der Waals surface area contributed by atoms with Gasteiger partial charge in [-0.3, -0.25) is 0 Å². The van der Waals surface area contributed by atoms with Gasteiger partial charge in [-0.05, 0) is 86.3 Å². The van der Waals surface area contributed by atoms with Crippen LogP contribution in [0.25, 0.3) is 54.6 Å². The maximum absolute atomic E-state index is 6.79. The third kappa shape index (κ3) is 4.22. The van der Waals surface area contributed by atoms with Crippen molar-refractivity contribution in [3.8, 4) is 11.1 Å². The molecule has 1 heterocycles. The molecule has 2 heteroatoms. The predicted octanol–water partition coefficient (Wildman–Crippen LogP) is 14.0. The van der Waals surface area contributed by atoms with Crippen molar-refractivity contribution in [3.63, 3.8) is 0 Å². The maximum Gasteiger partial charge on any atom is 0.159 e. The van der Waals surface area contributed by atoms with Crippen molar-refractivity contribution in [3.05, 3.63) is 222 Å². The summed E-state index contributed by atoms with van der Waals surface area (Å²) >= 11 is 0. The summed E-state index contributed by atoms with van der Waals surface area (Å²) < 4.78 is 6.79. The molecule has 254 valence electrons. The Kier molecular flexibility index (Phi) is 6.72. The third-order valence-corrected chi connectivity index (χ3v) is 11.6. The predicted molar refractivity (Wildman–Crippen MR) is 225 cm³/mol. The van der Waals surface area contributed by atoms with Crippen molar-refractivity contribution < 1.29 is 4.42 Å². The lowest BCUT2D eigenvalue weighted by molar-refractivity contribution is 0.669. The minimum Gasteiger partial charge on any atom is -0.454 e. The average molecular weight is 690 g/mol. The number of hydrogen-bond acceptors (Lipinski definition) is 2. The van der Waals surface area contributed by atoms with Gasteiger partial charge in [-0.25, -0.2) is 0 Å². The van der Waals surface area contributed by atoms with Gasteiger partial charge in [0.2, 0.25) is 0 Å². The van der Waals surface area contributed by atoms with Gasteiger partial charge in [-0.15, -0.1) is 0 Å². The van der Waals surface area contributed by atoms with Crippen molar-refractivity contribution in [2.75, 3.05) is 4.90 Å². The minimum absolute atomic E-state index is 0.585. The SMILES string of the molecule is Cc1ccccc1N(c1cc2c(c3ccccc13)-c1c(ccc3ccccc13)C2(c1ccccc1)c1ccccc1)c1cccc2c1oc1ccccc12. The first-order valence-electron chi connectivity index (χ1n) is 18.7. The third-order valence-electron chi connectivity index (χ3n) is 11.6. The summed E-state index contributed by atoms with van der Waals surface area (Å²) in [5, 5.41) is 7.15. The van der Waals surface area contributed by atoms with Crippen molar-refractivity contribution in [2.24, 2.45) is 0 Å². The summed E-state index contributed by atoms with van der Waals surface area (Å²) in [7, 11) is 0. The Morgan fingerprint density at radius 1 is 0.407 bits per heavy atom. The zero-order valence-electron chi connectivity index (χ0n) is 29.8. The number of furan rings is 1. The number of rotatable bonds is 5. The molecule has 1 aromatic heterocycles. The smallest absolute Gasteiger partial charge is 0.159 e. The van der Waals surface area contributed by atoms with Crippen LogP contribution >= 0.6 is 0 Å². The molecule has 0 atom stereocenters. The lowest BCUT2D eigenvalue weighted by Crippen LogP contribution is -2.29. The Hall–Kier alpha value is -6.90. The summed E-state index contributed by atoms with van der Waals surface area (Å²) in [6.45, 7) is 2.21. The molecule has 0 radical (unpaired) electrons. The van der Waals surface area contributed by atoms with E-state index in [1.54, 1.807) is 0 Å². The van der Waals surface area contributed by atoms with E-state index in [4.69, 9.17) is 4.42 Å². The standard InChI is InChI=1S/C52H35NO/c1-34-17-8-14-28-45(34)53(46-29-16-27-42-40-25-13-15-30-48(40)54-51(42)46)47-33-44-50(41-26-12-11-24-39(41)47)49-38-23-10-9-18-35(38)31-32-43(49)52(44,36-19-4-2-5-20-36)37-21-6-3-7-22-37/h2-33H,1H3. The van der Waals surface area contributed by atoms with Gasteiger partial charge in [-0.1, -0.05) is 170 Å². The number of hydrogen-bond donors (Lipinski definition) is 0. The Balaban J connectivity index is 1.34. The quantitative estimate of drug-likeness (QED) is 0.179. The van der Waals surface area contributed by atoms with Crippen LogP contribution in [0.1, 0.15) is 27.8 Å². The van der Waals surface area contributed by atoms with E-state index in [1.807, 2.05) is 6.07 Å². The van der Waals surface area contributed by atoms with Gasteiger partial charge in [0.05, 0.1) is 16.8 Å². The van der Waals surface area contributed by atoms with Gasteiger partial charge in [-0.2, -0.15) is 0 Å². The van der Waals surface area contributed by atoms with Crippen LogP contribution in [-0.4, -0.2) is 0 Å². The molecule has 11 rings (SSSR count). The average Bonchev–Trinajstić information content (AvgIpc) is 3.77. The lowest BCUT2D eigenvalue weighted by Gasteiger charge is -2.35. The molecule has 0 fully saturated rings. The highest BCUT2D eigenvalue weighted by Crippen LogP contribution is 2.61. The van der Waals surface area contributed by atoms with E-state index in [0.29, 0.717) is 0 Å². The number of fused-ring (bicyclic) bond motifs is 10. The molecule has 0 bridgehead atoms. The Labute approximate surface area is 314 Å². The normalized spacial score (nSPS) is 13.1. The minimum atomic E-state index is -0.585. The fourth-order valence-electron chi connectivity index (χ4n) is 9.38. The van der Waals surface area contributed by atoms with Gasteiger partial charge < -0.3 is 9.32 Å². The molecule has 10 aromatic rings. The van der Waals surface area contributed by atoms with Crippen LogP contribution in [-0.2, 0) is 5.41 Å². The van der Waals surface area contributed by atoms with Crippen molar-refractivity contribution in [1.82, 2.24) is 0 Å². The molecule has 0 unspecified atom stereocenters. The Morgan fingerprint density at radius 3 is 1.74 bits per heavy atom. The molecule has 9 aromatic carbocycles. The lowest BCUT2D eigenvalue weighted by atomic mass is 9.67. The number of aryl methyl sites for hydroxylation is 1. The molecule has 0 aliphatic heterocycles. The molecular formula is C52H35NO. The molecule has 0 saturated carbocycles. The number of para-hydroxylation sites is 3. The number of nitrogens with zero attached hydrogens (tertiary/aromatic N) is 1. The molecule has 0 N–H and O–H groups in total. The molecule has 0 amide bonds. The maximum atomic E-state index is 6.79. The van der Waals surface area contributed by atoms with E-state index in [-0.39, 0.29) is 0 Å². The van der Waals surface area contributed by atoms with Crippen LogP contribution in [0.15, 0.2) is 199 Å². The first-order valence-corrected chi connectivity index (χ1v) is 18.7. The van der Waals surface area contributed by atoms with Crippen LogP contribution in [0.2, 0.25) is 0 Å². The fraction of sp³-hybridized carbons (Fsp3) is 0.0385. The molecule has 1 aliphatic carbocycles. The first kappa shape index (κ1) is 30.7. The summed E-state index contributed by atoms with van der Waals surface area (Å²) in [4.78, 5) is 2.45. The molecular weight excluding hydrogens is 655 g/mol. The van der Waals surface area contributed by atoms with E-state index < -0.39 is 5.41 Å². The zero-order chi connectivity index (χ0) is 35.8. The zero-order valence-corrected chi connectivity index (χ0v) is 29.8. The van der Waals surface area contributed by atoms with Gasteiger partial charge in [0.1, 0.15) is 5.58 Å². The van der Waals surface area contributed by atoms with Crippen LogP contribution < -0.4 is 4.90 Å². The second kappa shape index (κ2) is 11.8. The molecule has 0 spiro atoms. The van der Waals surface area contributed by atoms with Crippen LogP contribution in [0.5, 0.6) is 0 Å². The van der Waals surface area contributed by atoms with Gasteiger partial charge in [0.15, 0.2) is 5.58 Å². The molecule has 1 aliphatic rings. The molecule has 2 nitrogen and oxygen atoms in total. The van der Waals surface area contributed by atoms with Gasteiger partial charge >= 0.3 is 0 Å². The van der Waals surface area contributed by atoms with E-state index >= 15 is 0 Å². The first-order chi connectivity index (χ1) is 26.7. The topological polar surface area (TPSA) is 16.4 Å². The van der Waals surface area contributed by atoms with Crippen molar-refractivity contribution >= 4 is 60.5 Å². The molecule has 54 heavy (non-hydrogen) atoms. The number of benzene rings is 9. The van der Waals surface area contributed by atoms with Crippen LogP contribution in [0.4, 0.5) is 17.1 Å². The summed E-state index contributed by atoms with van der Waals surface area (Å²) in [6.07, 6.45) is 0. The van der Waals surface area contributed by atoms with Crippen molar-refractivity contribution in [1.29, 1.82) is 0 Å². The van der Waals surface area contributed by atoms with E-state index in [1.165, 1.54) is 60.5 Å². The van der Waals surface area contributed by atoms with Gasteiger partial charge in [0, 0.05) is 21.8 Å². The van der Waals surface area contributed by atoms with Gasteiger partial charge in [0.25, 0.3) is 0 Å². The monoisotopic (exact) mass is 689 g/mol. The molecule has 0 saturated heterocycles.